The number of hydrogen-bond donors (Lipinski definition) is 0. The normalized spacial score (nSPS) is 11.8. The maximum Gasteiger partial charge on any atom is 0.133 e. The molecule has 0 unspecified atom stereocenters. The highest BCUT2D eigenvalue weighted by Gasteiger charge is 2.02. The van der Waals surface area contributed by atoms with Crippen molar-refractivity contribution in [1.29, 1.82) is 0 Å². The van der Waals surface area contributed by atoms with Crippen LogP contribution in [-0.2, 0) is 4.79 Å². The van der Waals surface area contributed by atoms with E-state index in [1.165, 1.54) is 135 Å². The Morgan fingerprint density at radius 2 is 0.857 bits per heavy atom. The molecule has 0 saturated carbocycles. The fourth-order valence-electron chi connectivity index (χ4n) is 4.63. The summed E-state index contributed by atoms with van der Waals surface area (Å²) in [6, 6.07) is 0. The quantitative estimate of drug-likeness (QED) is 0.0757. The molecular weight excluding hydrogens is 424 g/mol. The summed E-state index contributed by atoms with van der Waals surface area (Å²) in [5, 5.41) is 0. The molecule has 0 atom stereocenters. The van der Waals surface area contributed by atoms with Gasteiger partial charge in [0.25, 0.3) is 0 Å². The average Bonchev–Trinajstić information content (AvgIpc) is 2.86. The van der Waals surface area contributed by atoms with E-state index in [0.29, 0.717) is 12.2 Å². The first-order valence-corrected chi connectivity index (χ1v) is 15.9. The lowest BCUT2D eigenvalue weighted by Gasteiger charge is -2.04. The van der Waals surface area contributed by atoms with Crippen LogP contribution in [0, 0.1) is 6.42 Å². The lowest BCUT2D eigenvalue weighted by Crippen LogP contribution is -1.98. The summed E-state index contributed by atoms with van der Waals surface area (Å²) >= 11 is 0. The van der Waals surface area contributed by atoms with Crippen LogP contribution in [0.1, 0.15) is 181 Å². The monoisotopic (exact) mass is 487 g/mol. The molecule has 0 saturated heterocycles. The minimum atomic E-state index is 0.456. The van der Waals surface area contributed by atoms with Gasteiger partial charge in [0.2, 0.25) is 0 Å². The molecular formula is C34H63O. The SMILES string of the molecule is CCCCC/C=C\C/C=C\CCCCCC[CH]CC(=O)CCCCCCCCCCCCCCC. The predicted molar refractivity (Wildman–Crippen MR) is 159 cm³/mol. The molecule has 205 valence electrons. The number of carbonyl (C=O) groups excluding carboxylic acids is 1. The van der Waals surface area contributed by atoms with Crippen LogP contribution in [0.4, 0.5) is 0 Å². The van der Waals surface area contributed by atoms with Gasteiger partial charge >= 0.3 is 0 Å². The summed E-state index contributed by atoms with van der Waals surface area (Å²) < 4.78 is 0. The fraction of sp³-hybridized carbons (Fsp3) is 0.824. The second-order valence-electron chi connectivity index (χ2n) is 10.7. The number of hydrogen-bond acceptors (Lipinski definition) is 1. The van der Waals surface area contributed by atoms with Crippen LogP contribution >= 0.6 is 0 Å². The van der Waals surface area contributed by atoms with Crippen molar-refractivity contribution in [2.75, 3.05) is 0 Å². The van der Waals surface area contributed by atoms with Gasteiger partial charge in [-0.05, 0) is 51.4 Å². The van der Waals surface area contributed by atoms with Gasteiger partial charge in [0.1, 0.15) is 5.78 Å². The van der Waals surface area contributed by atoms with Crippen molar-refractivity contribution in [3.05, 3.63) is 30.7 Å². The molecule has 0 rings (SSSR count). The van der Waals surface area contributed by atoms with Crippen molar-refractivity contribution in [1.82, 2.24) is 0 Å². The molecule has 0 amide bonds. The van der Waals surface area contributed by atoms with Gasteiger partial charge in [-0.15, -0.1) is 0 Å². The van der Waals surface area contributed by atoms with Gasteiger partial charge in [-0.25, -0.2) is 0 Å². The van der Waals surface area contributed by atoms with Crippen LogP contribution in [0.25, 0.3) is 0 Å². The van der Waals surface area contributed by atoms with E-state index in [9.17, 15) is 4.79 Å². The maximum atomic E-state index is 12.0. The number of carbonyl (C=O) groups is 1. The van der Waals surface area contributed by atoms with Crippen molar-refractivity contribution in [2.24, 2.45) is 0 Å². The Hall–Kier alpha value is -0.850. The van der Waals surface area contributed by atoms with Gasteiger partial charge in [-0.3, -0.25) is 4.79 Å². The molecule has 0 spiro atoms. The zero-order chi connectivity index (χ0) is 25.5. The van der Waals surface area contributed by atoms with Crippen molar-refractivity contribution in [3.8, 4) is 0 Å². The Bertz CT molecular complexity index is 461. The molecule has 0 aromatic heterocycles. The number of ketones is 1. The van der Waals surface area contributed by atoms with E-state index in [4.69, 9.17) is 0 Å². The summed E-state index contributed by atoms with van der Waals surface area (Å²) in [5.41, 5.74) is 0. The van der Waals surface area contributed by atoms with Crippen LogP contribution in [-0.4, -0.2) is 5.78 Å². The third kappa shape index (κ3) is 31.1. The predicted octanol–water partition coefficient (Wildman–Crippen LogP) is 12.1. The summed E-state index contributed by atoms with van der Waals surface area (Å²) in [7, 11) is 0. The van der Waals surface area contributed by atoms with Gasteiger partial charge in [0, 0.05) is 12.8 Å². The highest BCUT2D eigenvalue weighted by Crippen LogP contribution is 2.14. The first kappa shape index (κ1) is 34.1. The van der Waals surface area contributed by atoms with Crippen LogP contribution in [0.5, 0.6) is 0 Å². The highest BCUT2D eigenvalue weighted by atomic mass is 16.1. The van der Waals surface area contributed by atoms with Crippen molar-refractivity contribution < 1.29 is 4.79 Å². The Kier molecular flexibility index (Phi) is 30.4. The van der Waals surface area contributed by atoms with E-state index in [1.807, 2.05) is 0 Å². The number of unbranched alkanes of at least 4 members (excludes halogenated alkanes) is 21. The van der Waals surface area contributed by atoms with E-state index < -0.39 is 0 Å². The molecule has 1 heteroatoms. The molecule has 0 heterocycles. The summed E-state index contributed by atoms with van der Waals surface area (Å²) in [4.78, 5) is 12.0. The number of rotatable bonds is 29. The fourth-order valence-corrected chi connectivity index (χ4v) is 4.63. The van der Waals surface area contributed by atoms with Crippen molar-refractivity contribution >= 4 is 5.78 Å². The number of Topliss-reactive ketones (excluding diaryl/α,β-unsaturated/α-hetero) is 1. The first-order valence-electron chi connectivity index (χ1n) is 15.9. The molecule has 0 aromatic carbocycles. The van der Waals surface area contributed by atoms with E-state index in [-0.39, 0.29) is 0 Å². The Labute approximate surface area is 222 Å². The van der Waals surface area contributed by atoms with Crippen LogP contribution < -0.4 is 0 Å². The lowest BCUT2D eigenvalue weighted by atomic mass is 10.0. The summed E-state index contributed by atoms with van der Waals surface area (Å²) in [6.45, 7) is 4.54. The van der Waals surface area contributed by atoms with Gasteiger partial charge in [-0.1, -0.05) is 147 Å². The zero-order valence-electron chi connectivity index (χ0n) is 24.2. The number of allylic oxidation sites excluding steroid dienone is 4. The minimum absolute atomic E-state index is 0.456. The van der Waals surface area contributed by atoms with Crippen LogP contribution in [0.3, 0.4) is 0 Å². The first-order chi connectivity index (χ1) is 17.3. The van der Waals surface area contributed by atoms with E-state index in [0.717, 1.165) is 25.7 Å². The zero-order valence-corrected chi connectivity index (χ0v) is 24.2. The molecule has 1 radical (unpaired) electrons. The third-order valence-electron chi connectivity index (χ3n) is 7.04. The van der Waals surface area contributed by atoms with Crippen LogP contribution in [0.15, 0.2) is 24.3 Å². The largest absolute Gasteiger partial charge is 0.300 e. The molecule has 0 aliphatic carbocycles. The highest BCUT2D eigenvalue weighted by molar-refractivity contribution is 5.79. The Morgan fingerprint density at radius 3 is 1.40 bits per heavy atom. The molecule has 0 bridgehead atoms. The van der Waals surface area contributed by atoms with Gasteiger partial charge < -0.3 is 0 Å². The van der Waals surface area contributed by atoms with Crippen molar-refractivity contribution in [3.63, 3.8) is 0 Å². The Balaban J connectivity index is 3.23. The second kappa shape index (κ2) is 31.2. The smallest absolute Gasteiger partial charge is 0.133 e. The second-order valence-corrected chi connectivity index (χ2v) is 10.7. The Morgan fingerprint density at radius 1 is 0.457 bits per heavy atom. The van der Waals surface area contributed by atoms with Gasteiger partial charge in [0.05, 0.1) is 0 Å². The lowest BCUT2D eigenvalue weighted by molar-refractivity contribution is -0.118. The van der Waals surface area contributed by atoms with Crippen LogP contribution in [0.2, 0.25) is 0 Å². The van der Waals surface area contributed by atoms with Gasteiger partial charge in [0.15, 0.2) is 0 Å². The molecule has 0 aliphatic heterocycles. The summed E-state index contributed by atoms with van der Waals surface area (Å²) in [6.07, 6.45) is 44.6. The topological polar surface area (TPSA) is 17.1 Å². The molecule has 35 heavy (non-hydrogen) atoms. The minimum Gasteiger partial charge on any atom is -0.300 e. The van der Waals surface area contributed by atoms with Crippen molar-refractivity contribution in [2.45, 2.75) is 181 Å². The molecule has 0 aliphatic rings. The summed E-state index contributed by atoms with van der Waals surface area (Å²) in [5.74, 6) is 0.456. The molecule has 0 aromatic rings. The molecule has 0 N–H and O–H groups in total. The molecule has 0 fully saturated rings. The van der Waals surface area contributed by atoms with E-state index in [2.05, 4.69) is 44.6 Å². The molecule has 1 nitrogen and oxygen atoms in total. The van der Waals surface area contributed by atoms with E-state index >= 15 is 0 Å². The third-order valence-corrected chi connectivity index (χ3v) is 7.04. The standard InChI is InChI=1S/C34H63O/c1-3-5-7-9-11-13-15-17-18-19-21-23-25-27-29-31-33-34(35)32-30-28-26-24-22-20-16-14-12-10-8-6-4-2/h11,13,17-18,31H,3-10,12,14-16,19-30,32-33H2,1-2H3/b13-11-,18-17-. The van der Waals surface area contributed by atoms with Gasteiger partial charge in [-0.2, -0.15) is 0 Å². The average molecular weight is 488 g/mol. The van der Waals surface area contributed by atoms with E-state index in [1.54, 1.807) is 0 Å². The maximum absolute atomic E-state index is 12.0.